The maximum atomic E-state index is 11.8. The first kappa shape index (κ1) is 12.6. The van der Waals surface area contributed by atoms with E-state index in [0.717, 1.165) is 5.69 Å². The highest BCUT2D eigenvalue weighted by Gasteiger charge is 2.36. The Labute approximate surface area is 105 Å². The smallest absolute Gasteiger partial charge is 0.311 e. The van der Waals surface area contributed by atoms with Crippen molar-refractivity contribution in [2.24, 2.45) is 5.92 Å². The number of ether oxygens (including phenoxy) is 1. The summed E-state index contributed by atoms with van der Waals surface area (Å²) < 4.78 is 4.66. The number of carbonyl (C=O) groups excluding carboxylic acids is 2. The van der Waals surface area contributed by atoms with Crippen LogP contribution in [0.15, 0.2) is 6.07 Å². The molecule has 0 spiro atoms. The summed E-state index contributed by atoms with van der Waals surface area (Å²) in [5.41, 5.74) is 0.972. The van der Waals surface area contributed by atoms with Gasteiger partial charge in [0.2, 0.25) is 5.91 Å². The second-order valence-electron chi connectivity index (χ2n) is 4.76. The van der Waals surface area contributed by atoms with E-state index in [1.165, 1.54) is 12.0 Å². The number of aromatic amines is 1. The molecule has 0 bridgehead atoms. The van der Waals surface area contributed by atoms with Crippen LogP contribution in [0.5, 0.6) is 0 Å². The van der Waals surface area contributed by atoms with Crippen molar-refractivity contribution in [3.05, 3.63) is 11.8 Å². The van der Waals surface area contributed by atoms with E-state index in [2.05, 4.69) is 14.9 Å². The molecule has 0 aromatic carbocycles. The average molecular weight is 251 g/mol. The molecular formula is C12H17N3O3. The van der Waals surface area contributed by atoms with Crippen LogP contribution in [0.25, 0.3) is 0 Å². The van der Waals surface area contributed by atoms with Gasteiger partial charge in [0.25, 0.3) is 0 Å². The number of esters is 1. The molecule has 1 unspecified atom stereocenters. The third-order valence-corrected chi connectivity index (χ3v) is 3.14. The molecule has 1 fully saturated rings. The monoisotopic (exact) mass is 251 g/mol. The summed E-state index contributed by atoms with van der Waals surface area (Å²) in [4.78, 5) is 24.8. The molecule has 0 aliphatic carbocycles. The van der Waals surface area contributed by atoms with Gasteiger partial charge in [-0.15, -0.1) is 0 Å². The largest absolute Gasteiger partial charge is 0.469 e. The van der Waals surface area contributed by atoms with Gasteiger partial charge in [-0.2, -0.15) is 5.10 Å². The maximum Gasteiger partial charge on any atom is 0.311 e. The van der Waals surface area contributed by atoms with Crippen LogP contribution in [0.4, 0.5) is 5.82 Å². The predicted molar refractivity (Wildman–Crippen MR) is 65.2 cm³/mol. The molecule has 1 amide bonds. The molecule has 1 aromatic rings. The number of hydrogen-bond donors (Lipinski definition) is 1. The van der Waals surface area contributed by atoms with E-state index in [9.17, 15) is 9.59 Å². The fraction of sp³-hybridized carbons (Fsp3) is 0.583. The van der Waals surface area contributed by atoms with Gasteiger partial charge in [0.05, 0.1) is 13.0 Å². The number of H-pyrrole nitrogens is 1. The summed E-state index contributed by atoms with van der Waals surface area (Å²) in [5.74, 6) is 0.0786. The van der Waals surface area contributed by atoms with Gasteiger partial charge in [0.15, 0.2) is 5.82 Å². The summed E-state index contributed by atoms with van der Waals surface area (Å²) in [6, 6.07) is 1.85. The van der Waals surface area contributed by atoms with E-state index in [0.29, 0.717) is 18.3 Å². The Morgan fingerprint density at radius 3 is 2.89 bits per heavy atom. The van der Waals surface area contributed by atoms with Crippen LogP contribution < -0.4 is 4.90 Å². The van der Waals surface area contributed by atoms with Gasteiger partial charge < -0.3 is 4.74 Å². The molecule has 6 heteroatoms. The third-order valence-electron chi connectivity index (χ3n) is 3.14. The van der Waals surface area contributed by atoms with E-state index in [4.69, 9.17) is 0 Å². The number of carbonyl (C=O) groups is 2. The van der Waals surface area contributed by atoms with Crippen molar-refractivity contribution in [1.29, 1.82) is 0 Å². The Balaban J connectivity index is 2.14. The van der Waals surface area contributed by atoms with Crippen molar-refractivity contribution >= 4 is 17.7 Å². The van der Waals surface area contributed by atoms with E-state index in [1.807, 2.05) is 19.9 Å². The molecule has 1 aliphatic rings. The fourth-order valence-electron chi connectivity index (χ4n) is 2.01. The third kappa shape index (κ3) is 2.23. The Kier molecular flexibility index (Phi) is 3.36. The first-order valence-corrected chi connectivity index (χ1v) is 5.96. The van der Waals surface area contributed by atoms with Crippen molar-refractivity contribution in [2.75, 3.05) is 18.6 Å². The van der Waals surface area contributed by atoms with Crippen molar-refractivity contribution in [1.82, 2.24) is 10.2 Å². The molecule has 1 N–H and O–H groups in total. The molecule has 2 rings (SSSR count). The van der Waals surface area contributed by atoms with Gasteiger partial charge >= 0.3 is 5.97 Å². The lowest BCUT2D eigenvalue weighted by Crippen LogP contribution is -2.26. The quantitative estimate of drug-likeness (QED) is 0.815. The minimum absolute atomic E-state index is 0.0905. The van der Waals surface area contributed by atoms with Gasteiger partial charge in [-0.25, -0.2) is 0 Å². The molecule has 1 saturated heterocycles. The van der Waals surface area contributed by atoms with E-state index in [-0.39, 0.29) is 24.2 Å². The van der Waals surface area contributed by atoms with E-state index >= 15 is 0 Å². The second kappa shape index (κ2) is 4.80. The highest BCUT2D eigenvalue weighted by atomic mass is 16.5. The van der Waals surface area contributed by atoms with Crippen molar-refractivity contribution in [3.63, 3.8) is 0 Å². The first-order chi connectivity index (χ1) is 8.52. The first-order valence-electron chi connectivity index (χ1n) is 5.96. The molecule has 1 aliphatic heterocycles. The summed E-state index contributed by atoms with van der Waals surface area (Å²) >= 11 is 0. The summed E-state index contributed by atoms with van der Waals surface area (Å²) in [6.07, 6.45) is 0.191. The Hall–Kier alpha value is -1.85. The van der Waals surface area contributed by atoms with E-state index in [1.54, 1.807) is 0 Å². The van der Waals surface area contributed by atoms with Crippen molar-refractivity contribution < 1.29 is 14.3 Å². The highest BCUT2D eigenvalue weighted by Crippen LogP contribution is 2.26. The number of aromatic nitrogens is 2. The van der Waals surface area contributed by atoms with Crippen LogP contribution in [-0.2, 0) is 14.3 Å². The summed E-state index contributed by atoms with van der Waals surface area (Å²) in [5, 5.41) is 7.02. The number of hydrogen-bond acceptors (Lipinski definition) is 4. The van der Waals surface area contributed by atoms with Gasteiger partial charge in [-0.05, 0) is 5.92 Å². The summed E-state index contributed by atoms with van der Waals surface area (Å²) in [6.45, 7) is 4.43. The molecular weight excluding hydrogens is 234 g/mol. The summed E-state index contributed by atoms with van der Waals surface area (Å²) in [7, 11) is 1.33. The molecule has 0 radical (unpaired) electrons. The second-order valence-corrected chi connectivity index (χ2v) is 4.76. The van der Waals surface area contributed by atoms with E-state index < -0.39 is 0 Å². The van der Waals surface area contributed by atoms with Crippen LogP contribution in [0.1, 0.15) is 31.9 Å². The zero-order valence-electron chi connectivity index (χ0n) is 10.8. The predicted octanol–water partition coefficient (Wildman–Crippen LogP) is 1.06. The topological polar surface area (TPSA) is 75.3 Å². The average Bonchev–Trinajstić information content (AvgIpc) is 2.94. The van der Waals surface area contributed by atoms with Crippen LogP contribution in [0, 0.1) is 5.92 Å². The Bertz CT molecular complexity index is 467. The molecule has 98 valence electrons. The molecule has 1 aromatic heterocycles. The number of amides is 1. The van der Waals surface area contributed by atoms with Gasteiger partial charge in [0.1, 0.15) is 0 Å². The van der Waals surface area contributed by atoms with Crippen molar-refractivity contribution in [2.45, 2.75) is 26.2 Å². The number of nitrogens with zero attached hydrogens (tertiary/aromatic N) is 2. The number of anilines is 1. The standard InChI is InChI=1S/C12H17N3O3/c1-7(2)9-5-10(14-13-9)15-6-8(4-11(15)16)12(17)18-3/h5,7-8H,4,6H2,1-3H3,(H,13,14). The zero-order valence-corrected chi connectivity index (χ0v) is 10.8. The maximum absolute atomic E-state index is 11.8. The lowest BCUT2D eigenvalue weighted by atomic mass is 10.1. The van der Waals surface area contributed by atoms with Gasteiger partial charge in [-0.3, -0.25) is 19.6 Å². The van der Waals surface area contributed by atoms with Crippen molar-refractivity contribution in [3.8, 4) is 0 Å². The minimum atomic E-state index is -0.387. The number of rotatable bonds is 3. The zero-order chi connectivity index (χ0) is 13.3. The number of methoxy groups -OCH3 is 1. The van der Waals surface area contributed by atoms with Crippen LogP contribution in [0.3, 0.4) is 0 Å². The van der Waals surface area contributed by atoms with Crippen LogP contribution in [0.2, 0.25) is 0 Å². The van der Waals surface area contributed by atoms with Gasteiger partial charge in [-0.1, -0.05) is 13.8 Å². The van der Waals surface area contributed by atoms with Crippen LogP contribution >= 0.6 is 0 Å². The number of nitrogens with one attached hydrogen (secondary N) is 1. The van der Waals surface area contributed by atoms with Crippen LogP contribution in [-0.4, -0.2) is 35.7 Å². The molecule has 6 nitrogen and oxygen atoms in total. The highest BCUT2D eigenvalue weighted by molar-refractivity contribution is 5.98. The lowest BCUT2D eigenvalue weighted by molar-refractivity contribution is -0.145. The molecule has 1 atom stereocenters. The normalized spacial score (nSPS) is 19.7. The molecule has 18 heavy (non-hydrogen) atoms. The minimum Gasteiger partial charge on any atom is -0.469 e. The Morgan fingerprint density at radius 1 is 1.61 bits per heavy atom. The lowest BCUT2D eigenvalue weighted by Gasteiger charge is -2.12. The Morgan fingerprint density at radius 2 is 2.33 bits per heavy atom. The SMILES string of the molecule is COC(=O)C1CC(=O)N(c2cc(C(C)C)[nH]n2)C1. The van der Waals surface area contributed by atoms with Gasteiger partial charge in [0, 0.05) is 24.7 Å². The molecule has 0 saturated carbocycles. The fourth-order valence-corrected chi connectivity index (χ4v) is 2.01. The molecule has 2 heterocycles.